The zero-order valence-electron chi connectivity index (χ0n) is 15.1. The fourth-order valence-corrected chi connectivity index (χ4v) is 3.41. The predicted molar refractivity (Wildman–Crippen MR) is 102 cm³/mol. The van der Waals surface area contributed by atoms with Crippen molar-refractivity contribution < 1.29 is 18.1 Å². The third-order valence-corrected chi connectivity index (χ3v) is 5.70. The fraction of sp³-hybridized carbons (Fsp3) is 0.235. The van der Waals surface area contributed by atoms with Crippen molar-refractivity contribution in [1.29, 1.82) is 0 Å². The molecule has 2 N–H and O–H groups in total. The van der Waals surface area contributed by atoms with Gasteiger partial charge in [0.05, 0.1) is 16.4 Å². The van der Waals surface area contributed by atoms with Gasteiger partial charge >= 0.3 is 0 Å². The molecule has 0 aliphatic rings. The van der Waals surface area contributed by atoms with Crippen LogP contribution >= 0.6 is 0 Å². The zero-order valence-corrected chi connectivity index (χ0v) is 15.9. The van der Waals surface area contributed by atoms with Crippen molar-refractivity contribution in [2.75, 3.05) is 31.3 Å². The Morgan fingerprint density at radius 3 is 2.48 bits per heavy atom. The first kappa shape index (κ1) is 20.3. The highest BCUT2D eigenvalue weighted by molar-refractivity contribution is 7.89. The van der Waals surface area contributed by atoms with Gasteiger partial charge in [0, 0.05) is 37.6 Å². The topological polar surface area (TPSA) is 122 Å². The van der Waals surface area contributed by atoms with E-state index in [0.717, 1.165) is 4.31 Å². The van der Waals surface area contributed by atoms with E-state index in [-0.39, 0.29) is 17.1 Å². The Kier molecular flexibility index (Phi) is 6.13. The van der Waals surface area contributed by atoms with E-state index >= 15 is 0 Å². The first-order valence-electron chi connectivity index (χ1n) is 7.92. The van der Waals surface area contributed by atoms with Crippen LogP contribution in [-0.2, 0) is 14.8 Å². The highest BCUT2D eigenvalue weighted by Crippen LogP contribution is 2.22. The SMILES string of the molecule is Cc1ccc(NC(=O)CNc2cccc([N+](=O)[O-])c2)cc1S(=O)(=O)N(C)C. The summed E-state index contributed by atoms with van der Waals surface area (Å²) in [7, 11) is -0.764. The molecule has 0 aromatic heterocycles. The van der Waals surface area contributed by atoms with E-state index in [1.54, 1.807) is 25.1 Å². The molecule has 0 fully saturated rings. The number of nitro groups is 1. The van der Waals surface area contributed by atoms with Gasteiger partial charge in [0.25, 0.3) is 5.69 Å². The van der Waals surface area contributed by atoms with E-state index in [0.29, 0.717) is 16.9 Å². The molecular formula is C17H20N4O5S. The molecule has 2 rings (SSSR count). The summed E-state index contributed by atoms with van der Waals surface area (Å²) in [5, 5.41) is 16.2. The van der Waals surface area contributed by atoms with Gasteiger partial charge < -0.3 is 10.6 Å². The molecule has 0 heterocycles. The van der Waals surface area contributed by atoms with Crippen LogP contribution in [0.3, 0.4) is 0 Å². The molecule has 0 saturated heterocycles. The van der Waals surface area contributed by atoms with Crippen molar-refractivity contribution in [3.05, 3.63) is 58.1 Å². The summed E-state index contributed by atoms with van der Waals surface area (Å²) in [5.74, 6) is -0.418. The lowest BCUT2D eigenvalue weighted by atomic mass is 10.2. The molecule has 0 radical (unpaired) electrons. The van der Waals surface area contributed by atoms with Crippen molar-refractivity contribution in [3.63, 3.8) is 0 Å². The number of anilines is 2. The summed E-state index contributed by atoms with van der Waals surface area (Å²) in [4.78, 5) is 22.5. The van der Waals surface area contributed by atoms with Crippen molar-refractivity contribution >= 4 is 33.0 Å². The second kappa shape index (κ2) is 8.14. The Balaban J connectivity index is 2.08. The number of nitrogens with zero attached hydrogens (tertiary/aromatic N) is 2. The van der Waals surface area contributed by atoms with E-state index in [1.807, 2.05) is 0 Å². The molecule has 0 aliphatic heterocycles. The molecule has 0 aliphatic carbocycles. The smallest absolute Gasteiger partial charge is 0.271 e. The summed E-state index contributed by atoms with van der Waals surface area (Å²) >= 11 is 0. The molecule has 0 spiro atoms. The Morgan fingerprint density at radius 1 is 1.15 bits per heavy atom. The molecule has 10 heteroatoms. The molecule has 2 aromatic carbocycles. The maximum Gasteiger partial charge on any atom is 0.271 e. The Labute approximate surface area is 157 Å². The van der Waals surface area contributed by atoms with Gasteiger partial charge in [0.15, 0.2) is 0 Å². The monoisotopic (exact) mass is 392 g/mol. The first-order chi connectivity index (χ1) is 12.6. The normalized spacial score (nSPS) is 11.3. The van der Waals surface area contributed by atoms with E-state index < -0.39 is 20.9 Å². The average molecular weight is 392 g/mol. The summed E-state index contributed by atoms with van der Waals surface area (Å²) in [6.07, 6.45) is 0. The lowest BCUT2D eigenvalue weighted by Gasteiger charge is -2.15. The number of carbonyl (C=O) groups excluding carboxylic acids is 1. The number of non-ortho nitro benzene ring substituents is 1. The number of hydrogen-bond donors (Lipinski definition) is 2. The summed E-state index contributed by atoms with van der Waals surface area (Å²) in [6, 6.07) is 10.4. The molecule has 0 bridgehead atoms. The van der Waals surface area contributed by atoms with Crippen LogP contribution in [0.4, 0.5) is 17.1 Å². The minimum atomic E-state index is -3.63. The van der Waals surface area contributed by atoms with Crippen molar-refractivity contribution in [3.8, 4) is 0 Å². The standard InChI is InChI=1S/C17H20N4O5S/c1-12-7-8-14(10-16(12)27(25,26)20(2)3)19-17(22)11-18-13-5-4-6-15(9-13)21(23)24/h4-10,18H,11H2,1-3H3,(H,19,22). The number of benzene rings is 2. The quantitative estimate of drug-likeness (QED) is 0.550. The molecule has 2 aromatic rings. The van der Waals surface area contributed by atoms with Gasteiger partial charge in [-0.15, -0.1) is 0 Å². The van der Waals surface area contributed by atoms with Crippen LogP contribution in [-0.4, -0.2) is 44.2 Å². The van der Waals surface area contributed by atoms with Gasteiger partial charge in [-0.2, -0.15) is 0 Å². The molecule has 27 heavy (non-hydrogen) atoms. The minimum absolute atomic E-state index is 0.0857. The molecule has 1 amide bonds. The van der Waals surface area contributed by atoms with E-state index in [9.17, 15) is 23.3 Å². The molecular weight excluding hydrogens is 372 g/mol. The van der Waals surface area contributed by atoms with Crippen molar-refractivity contribution in [2.45, 2.75) is 11.8 Å². The number of amides is 1. The van der Waals surface area contributed by atoms with Crippen LogP contribution in [0.25, 0.3) is 0 Å². The lowest BCUT2D eigenvalue weighted by molar-refractivity contribution is -0.384. The van der Waals surface area contributed by atoms with Crippen LogP contribution in [0.1, 0.15) is 5.56 Å². The Morgan fingerprint density at radius 2 is 1.85 bits per heavy atom. The second-order valence-corrected chi connectivity index (χ2v) is 8.10. The highest BCUT2D eigenvalue weighted by Gasteiger charge is 2.20. The number of sulfonamides is 1. The Bertz CT molecular complexity index is 973. The molecule has 0 unspecified atom stereocenters. The largest absolute Gasteiger partial charge is 0.376 e. The van der Waals surface area contributed by atoms with Gasteiger partial charge in [0.1, 0.15) is 0 Å². The van der Waals surface area contributed by atoms with Gasteiger partial charge in [-0.1, -0.05) is 12.1 Å². The second-order valence-electron chi connectivity index (χ2n) is 5.98. The summed E-state index contributed by atoms with van der Waals surface area (Å²) in [6.45, 7) is 1.54. The van der Waals surface area contributed by atoms with Gasteiger partial charge in [-0.25, -0.2) is 12.7 Å². The maximum absolute atomic E-state index is 12.3. The minimum Gasteiger partial charge on any atom is -0.376 e. The number of hydrogen-bond acceptors (Lipinski definition) is 6. The van der Waals surface area contributed by atoms with Gasteiger partial charge in [-0.05, 0) is 30.7 Å². The fourth-order valence-electron chi connectivity index (χ4n) is 2.27. The van der Waals surface area contributed by atoms with Crippen molar-refractivity contribution in [2.24, 2.45) is 0 Å². The number of nitrogens with one attached hydrogen (secondary N) is 2. The van der Waals surface area contributed by atoms with E-state index in [4.69, 9.17) is 0 Å². The molecule has 9 nitrogen and oxygen atoms in total. The third kappa shape index (κ3) is 5.02. The Hall–Kier alpha value is -2.98. The zero-order chi connectivity index (χ0) is 20.2. The van der Waals surface area contributed by atoms with Gasteiger partial charge in [-0.3, -0.25) is 14.9 Å². The van der Waals surface area contributed by atoms with Crippen LogP contribution in [0.15, 0.2) is 47.4 Å². The summed E-state index contributed by atoms with van der Waals surface area (Å²) < 4.78 is 25.8. The molecule has 0 atom stereocenters. The third-order valence-electron chi connectivity index (χ3n) is 3.74. The lowest BCUT2D eigenvalue weighted by Crippen LogP contribution is -2.24. The van der Waals surface area contributed by atoms with Crippen LogP contribution in [0.2, 0.25) is 0 Å². The number of carbonyl (C=O) groups is 1. The molecule has 0 saturated carbocycles. The van der Waals surface area contributed by atoms with Gasteiger partial charge in [0.2, 0.25) is 15.9 Å². The number of rotatable bonds is 7. The van der Waals surface area contributed by atoms with Crippen LogP contribution in [0.5, 0.6) is 0 Å². The van der Waals surface area contributed by atoms with E-state index in [1.165, 1.54) is 38.4 Å². The van der Waals surface area contributed by atoms with Crippen LogP contribution in [0, 0.1) is 17.0 Å². The van der Waals surface area contributed by atoms with E-state index in [2.05, 4.69) is 10.6 Å². The highest BCUT2D eigenvalue weighted by atomic mass is 32.2. The first-order valence-corrected chi connectivity index (χ1v) is 9.36. The van der Waals surface area contributed by atoms with Crippen LogP contribution < -0.4 is 10.6 Å². The average Bonchev–Trinajstić information content (AvgIpc) is 2.61. The summed E-state index contributed by atoms with van der Waals surface area (Å²) in [5.41, 5.74) is 1.25. The number of aryl methyl sites for hydroxylation is 1. The number of nitro benzene ring substituents is 1. The maximum atomic E-state index is 12.3. The predicted octanol–water partition coefficient (Wildman–Crippen LogP) is 2.20. The van der Waals surface area contributed by atoms with Crippen molar-refractivity contribution in [1.82, 2.24) is 4.31 Å². The molecule has 144 valence electrons.